The Balaban J connectivity index is 1.22. The molecule has 2 aromatic heterocycles. The monoisotopic (exact) mass is 924 g/mol. The van der Waals surface area contributed by atoms with Crippen molar-refractivity contribution in [2.45, 2.75) is 87.9 Å². The fourth-order valence-corrected chi connectivity index (χ4v) is 9.91. The van der Waals surface area contributed by atoms with Gasteiger partial charge in [-0.2, -0.15) is 4.31 Å². The minimum atomic E-state index is -5.57. The van der Waals surface area contributed by atoms with Crippen LogP contribution in [0.4, 0.5) is 5.82 Å². The molecule has 2 aliphatic heterocycles. The van der Waals surface area contributed by atoms with Gasteiger partial charge in [-0.3, -0.25) is 27.7 Å². The third-order valence-corrected chi connectivity index (χ3v) is 13.3. The van der Waals surface area contributed by atoms with Gasteiger partial charge in [0.25, 0.3) is 0 Å². The number of hydrogen-bond acceptors (Lipinski definition) is 20. The Hall–Kier alpha value is -2.23. The van der Waals surface area contributed by atoms with Crippen LogP contribution in [0.5, 0.6) is 0 Å². The molecule has 2 saturated heterocycles. The molecule has 4 rings (SSSR count). The van der Waals surface area contributed by atoms with Crippen molar-refractivity contribution in [3.8, 4) is 0 Å². The van der Waals surface area contributed by atoms with Crippen LogP contribution in [0.15, 0.2) is 12.7 Å². The van der Waals surface area contributed by atoms with Gasteiger partial charge in [0.05, 0.1) is 25.6 Å². The third kappa shape index (κ3) is 13.9. The van der Waals surface area contributed by atoms with Gasteiger partial charge in [0, 0.05) is 36.7 Å². The molecule has 30 heteroatoms. The number of nitrogens with zero attached hydrogens (tertiary/aromatic N) is 5. The summed E-state index contributed by atoms with van der Waals surface area (Å²) in [6, 6.07) is -0.0656. The normalized spacial score (nSPS) is 27.9. The van der Waals surface area contributed by atoms with Gasteiger partial charge in [0.15, 0.2) is 17.7 Å². The molecule has 11 N–H and O–H groups in total. The van der Waals surface area contributed by atoms with E-state index in [9.17, 15) is 58.2 Å². The average molecular weight is 925 g/mol. The molecule has 2 aliphatic rings. The summed E-state index contributed by atoms with van der Waals surface area (Å²) in [5.74, 6) is -0.972. The van der Waals surface area contributed by atoms with Crippen LogP contribution in [0.3, 0.4) is 0 Å². The van der Waals surface area contributed by atoms with Crippen LogP contribution in [0.1, 0.15) is 39.8 Å². The zero-order chi connectivity index (χ0) is 44.1. The summed E-state index contributed by atoms with van der Waals surface area (Å²) < 4.78 is 68.1. The van der Waals surface area contributed by atoms with Crippen molar-refractivity contribution in [3.63, 3.8) is 0 Å². The highest BCUT2D eigenvalue weighted by atomic mass is 32.2. The number of phosphoric acid groups is 3. The number of nitrogen functional groups attached to an aromatic ring is 1. The molecule has 0 bridgehead atoms. The summed E-state index contributed by atoms with van der Waals surface area (Å²) in [5.41, 5.74) is 3.81. The van der Waals surface area contributed by atoms with E-state index in [1.54, 1.807) is 0 Å². The Morgan fingerprint density at radius 1 is 1.05 bits per heavy atom. The first-order valence-electron chi connectivity index (χ1n) is 17.8. The maximum atomic E-state index is 12.7. The molecule has 11 atom stereocenters. The molecule has 336 valence electrons. The maximum Gasteiger partial charge on any atom is 0.481 e. The molecule has 2 fully saturated rings. The number of rotatable bonds is 21. The van der Waals surface area contributed by atoms with E-state index >= 15 is 0 Å². The van der Waals surface area contributed by atoms with Gasteiger partial charge in [-0.05, 0) is 27.4 Å². The van der Waals surface area contributed by atoms with Crippen LogP contribution >= 0.6 is 35.2 Å². The predicted molar refractivity (Wildman–Crippen MR) is 205 cm³/mol. The first kappa shape index (κ1) is 49.4. The predicted octanol–water partition coefficient (Wildman–Crippen LogP) is -1.44. The number of nitrogens with one attached hydrogen (secondary N) is 2. The first-order chi connectivity index (χ1) is 27.3. The molecular weight excluding hydrogens is 873 g/mol. The van der Waals surface area contributed by atoms with Crippen molar-refractivity contribution < 1.29 is 85.5 Å². The number of imidazole rings is 1. The van der Waals surface area contributed by atoms with Gasteiger partial charge >= 0.3 is 23.5 Å². The van der Waals surface area contributed by atoms with Crippen molar-refractivity contribution in [3.05, 3.63) is 12.7 Å². The van der Waals surface area contributed by atoms with Crippen molar-refractivity contribution in [1.82, 2.24) is 35.1 Å². The number of aliphatic hydroxyl groups excluding tert-OH is 3. The Morgan fingerprint density at radius 3 is 2.39 bits per heavy atom. The summed E-state index contributed by atoms with van der Waals surface area (Å²) in [6.45, 7) is 2.50. The minimum absolute atomic E-state index is 0.0313. The number of phosphoric ester groups is 3. The molecule has 0 radical (unpaired) electrons. The second-order valence-corrected chi connectivity index (χ2v) is 20.0. The smallest absolute Gasteiger partial charge is 0.388 e. The third-order valence-electron chi connectivity index (χ3n) is 9.06. The number of nitrogens with two attached hydrogens (primary N) is 1. The highest BCUT2D eigenvalue weighted by molar-refractivity contribution is 7.99. The van der Waals surface area contributed by atoms with E-state index in [-0.39, 0.29) is 48.6 Å². The lowest BCUT2D eigenvalue weighted by molar-refractivity contribution is -0.137. The van der Waals surface area contributed by atoms with Crippen LogP contribution < -0.4 is 16.4 Å². The Morgan fingerprint density at radius 2 is 1.73 bits per heavy atom. The number of aliphatic hydroxyl groups is 3. The van der Waals surface area contributed by atoms with Crippen LogP contribution in [-0.4, -0.2) is 165 Å². The highest BCUT2D eigenvalue weighted by Gasteiger charge is 2.50. The Bertz CT molecular complexity index is 1910. The number of hydrogen-bond donors (Lipinski definition) is 10. The van der Waals surface area contributed by atoms with Crippen LogP contribution in [-0.2, 0) is 50.6 Å². The second kappa shape index (κ2) is 20.3. The van der Waals surface area contributed by atoms with E-state index in [2.05, 4.69) is 34.4 Å². The van der Waals surface area contributed by atoms with Gasteiger partial charge in [-0.15, -0.1) is 11.8 Å². The summed E-state index contributed by atoms with van der Waals surface area (Å²) in [6.07, 6.45) is -6.97. The van der Waals surface area contributed by atoms with Gasteiger partial charge < -0.3 is 65.6 Å². The molecule has 0 saturated carbocycles. The largest absolute Gasteiger partial charge is 0.481 e. The van der Waals surface area contributed by atoms with Gasteiger partial charge in [0.1, 0.15) is 47.8 Å². The van der Waals surface area contributed by atoms with Crippen LogP contribution in [0, 0.1) is 5.41 Å². The zero-order valence-electron chi connectivity index (χ0n) is 32.5. The summed E-state index contributed by atoms with van der Waals surface area (Å²) in [5, 5.41) is 37.2. The number of aromatic nitrogens is 4. The molecule has 0 aliphatic carbocycles. The summed E-state index contributed by atoms with van der Waals surface area (Å²) >= 11 is 1.36. The molecule has 26 nitrogen and oxygen atoms in total. The van der Waals surface area contributed by atoms with Gasteiger partial charge in [0.2, 0.25) is 11.8 Å². The molecule has 0 aromatic carbocycles. The number of ether oxygens (including phenoxy) is 2. The first-order valence-corrected chi connectivity index (χ1v) is 23.4. The SMILES string of the molecule is C[C@@H]1C[C@H](N(C)C)[C@@H](O)[C@H](SCCNC(=O)CCNC(=O)[C@H](O)C(C)(C)COP(=O)(O)OP(=O)(O)OC[C@H]2O[C@@H](n3cnc4c(N)ncnc43)[C@H](O)[C@@H]2OP(=O)(O)O)O1. The number of fused-ring (bicyclic) bond motifs is 1. The van der Waals surface area contributed by atoms with E-state index in [1.165, 1.54) is 25.6 Å². The second-order valence-electron chi connectivity index (χ2n) is 14.5. The van der Waals surface area contributed by atoms with E-state index < -0.39 is 96.1 Å². The van der Waals surface area contributed by atoms with Crippen molar-refractivity contribution in [2.24, 2.45) is 5.41 Å². The minimum Gasteiger partial charge on any atom is -0.388 e. The van der Waals surface area contributed by atoms with Crippen LogP contribution in [0.25, 0.3) is 11.2 Å². The van der Waals surface area contributed by atoms with E-state index in [0.717, 1.165) is 17.2 Å². The van der Waals surface area contributed by atoms with Crippen molar-refractivity contribution in [2.75, 3.05) is 51.9 Å². The number of amides is 2. The summed E-state index contributed by atoms with van der Waals surface area (Å²) in [4.78, 5) is 78.0. The van der Waals surface area contributed by atoms with Crippen molar-refractivity contribution in [1.29, 1.82) is 0 Å². The number of carbonyl (C=O) groups is 2. The molecule has 2 aromatic rings. The quantitative estimate of drug-likeness (QED) is 0.0506. The number of likely N-dealkylation sites (N-methyl/N-ethyl adjacent to an activating group) is 1. The zero-order valence-corrected chi connectivity index (χ0v) is 36.0. The fraction of sp³-hybridized carbons (Fsp3) is 0.759. The van der Waals surface area contributed by atoms with Crippen molar-refractivity contribution >= 4 is 64.0 Å². The fourth-order valence-electron chi connectivity index (χ4n) is 5.99. The maximum absolute atomic E-state index is 12.7. The molecular formula is C29H51N8O18P3S. The lowest BCUT2D eigenvalue weighted by atomic mass is 9.87. The molecule has 2 unspecified atom stereocenters. The van der Waals surface area contributed by atoms with E-state index in [1.807, 2.05) is 25.9 Å². The topological polar surface area (TPSA) is 379 Å². The molecule has 4 heterocycles. The lowest BCUT2D eigenvalue weighted by Crippen LogP contribution is -2.52. The molecule has 2 amide bonds. The number of anilines is 1. The van der Waals surface area contributed by atoms with E-state index in [4.69, 9.17) is 24.3 Å². The number of thioether (sulfide) groups is 1. The standard InChI is InChI=1S/C29H51N8O18P3S/c1-15-10-16(36(4)5)20(39)28(52-15)59-9-8-31-18(38)6-7-32-26(42)23(41)29(2,3)12-51-58(48,49)55-57(46,47)50-11-17-22(54-56(43,44)45)21(40)27(53-17)37-14-35-19-24(30)33-13-34-25(19)37/h13-17,20-23,27-28,39-41H,6-12H2,1-5H3,(H,31,38)(H,32,42)(H,46,47)(H,48,49)(H2,30,33,34)(H2,43,44,45)/t15-,16+,17-,20-,21-,22-,23+,27-,28+/m1/s1. The van der Waals surface area contributed by atoms with Gasteiger partial charge in [-0.1, -0.05) is 13.8 Å². The lowest BCUT2D eigenvalue weighted by Gasteiger charge is -2.41. The van der Waals surface area contributed by atoms with Gasteiger partial charge in [-0.25, -0.2) is 28.6 Å². The summed E-state index contributed by atoms with van der Waals surface area (Å²) in [7, 11) is -12.6. The highest BCUT2D eigenvalue weighted by Crippen LogP contribution is 2.61. The van der Waals surface area contributed by atoms with E-state index in [0.29, 0.717) is 12.2 Å². The molecule has 59 heavy (non-hydrogen) atoms. The molecule has 0 spiro atoms. The van der Waals surface area contributed by atoms with Crippen LogP contribution in [0.2, 0.25) is 0 Å². The Kier molecular flexibility index (Phi) is 17.0. The Labute approximate surface area is 341 Å². The average Bonchev–Trinajstić information content (AvgIpc) is 3.69. The number of carbonyl (C=O) groups excluding carboxylic acids is 2.